The fourth-order valence-corrected chi connectivity index (χ4v) is 4.57. The normalized spacial score (nSPS) is 18.4. The second-order valence-electron chi connectivity index (χ2n) is 8.65. The summed E-state index contributed by atoms with van der Waals surface area (Å²) in [6.07, 6.45) is 0.0902. The zero-order chi connectivity index (χ0) is 25.7. The van der Waals surface area contributed by atoms with Gasteiger partial charge in [-0.2, -0.15) is 0 Å². The Bertz CT molecular complexity index is 1160. The highest BCUT2D eigenvalue weighted by Gasteiger charge is 2.29. The Morgan fingerprint density at radius 2 is 1.83 bits per heavy atom. The van der Waals surface area contributed by atoms with Crippen molar-refractivity contribution in [2.24, 2.45) is 10.7 Å². The van der Waals surface area contributed by atoms with E-state index in [1.54, 1.807) is 47.4 Å². The summed E-state index contributed by atoms with van der Waals surface area (Å²) in [5.74, 6) is -0.236. The average molecular weight is 531 g/mol. The van der Waals surface area contributed by atoms with Crippen molar-refractivity contribution in [2.45, 2.75) is 19.0 Å². The van der Waals surface area contributed by atoms with Gasteiger partial charge >= 0.3 is 0 Å². The number of hydrogen-bond acceptors (Lipinski definition) is 7. The van der Waals surface area contributed by atoms with Gasteiger partial charge in [0.2, 0.25) is 0 Å². The van der Waals surface area contributed by atoms with Gasteiger partial charge in [-0.15, -0.1) is 0 Å². The number of carbonyl (C=O) groups excluding carboxylic acids is 2. The molecule has 1 atom stereocenters. The van der Waals surface area contributed by atoms with E-state index in [4.69, 9.17) is 39.1 Å². The summed E-state index contributed by atoms with van der Waals surface area (Å²) in [4.78, 5) is 33.5. The Kier molecular flexibility index (Phi) is 8.58. The fourth-order valence-electron chi connectivity index (χ4n) is 4.20. The van der Waals surface area contributed by atoms with Crippen LogP contribution in [0.15, 0.2) is 47.5 Å². The largest absolute Gasteiger partial charge is 0.386 e. The molecular formula is C25H28Cl2N6O3. The van der Waals surface area contributed by atoms with E-state index in [-0.39, 0.29) is 18.0 Å². The monoisotopic (exact) mass is 530 g/mol. The lowest BCUT2D eigenvalue weighted by Gasteiger charge is -2.34. The van der Waals surface area contributed by atoms with Crippen LogP contribution in [0.4, 0.5) is 5.69 Å². The van der Waals surface area contributed by atoms with Crippen molar-refractivity contribution in [3.8, 4) is 0 Å². The topological polar surface area (TPSA) is 124 Å². The number of ether oxygens (including phenoxy) is 1. The number of nitrogens with one attached hydrogen (secondary N) is 2. The van der Waals surface area contributed by atoms with Crippen molar-refractivity contribution in [1.82, 2.24) is 9.80 Å². The van der Waals surface area contributed by atoms with Crippen LogP contribution in [0, 0.1) is 5.41 Å². The van der Waals surface area contributed by atoms with Crippen LogP contribution in [0.1, 0.15) is 22.3 Å². The quantitative estimate of drug-likeness (QED) is 0.474. The molecule has 2 heterocycles. The van der Waals surface area contributed by atoms with Crippen molar-refractivity contribution in [3.05, 3.63) is 63.6 Å². The molecule has 0 aromatic heterocycles. The Morgan fingerprint density at radius 1 is 1.11 bits per heavy atom. The molecule has 2 amide bonds. The molecule has 0 spiro atoms. The van der Waals surface area contributed by atoms with Crippen LogP contribution in [-0.2, 0) is 16.1 Å². The van der Waals surface area contributed by atoms with Gasteiger partial charge in [-0.1, -0.05) is 23.2 Å². The van der Waals surface area contributed by atoms with Crippen LogP contribution < -0.4 is 11.1 Å². The molecule has 0 radical (unpaired) electrons. The molecule has 1 saturated heterocycles. The second kappa shape index (κ2) is 11.8. The molecule has 2 aliphatic rings. The molecule has 4 rings (SSSR count). The van der Waals surface area contributed by atoms with E-state index in [1.165, 1.54) is 0 Å². The summed E-state index contributed by atoms with van der Waals surface area (Å²) in [5.41, 5.74) is 7.92. The van der Waals surface area contributed by atoms with E-state index in [0.717, 1.165) is 5.56 Å². The summed E-state index contributed by atoms with van der Waals surface area (Å²) in [6, 6.07) is 11.5. The van der Waals surface area contributed by atoms with Gasteiger partial charge in [0.25, 0.3) is 11.8 Å². The van der Waals surface area contributed by atoms with Gasteiger partial charge in [0.05, 0.1) is 31.5 Å². The number of anilines is 1. The minimum absolute atomic E-state index is 0.0733. The SMILES string of the molecule is N=C(CC1C(N)=NCCN1Cc1cc(Cl)ccc1Cl)C(=O)Nc1ccc(C(=O)N2CCOCC2)cc1. The number of nitrogens with zero attached hydrogens (tertiary/aromatic N) is 3. The van der Waals surface area contributed by atoms with Crippen molar-refractivity contribution in [1.29, 1.82) is 5.41 Å². The van der Waals surface area contributed by atoms with E-state index < -0.39 is 11.9 Å². The maximum Gasteiger partial charge on any atom is 0.269 e. The van der Waals surface area contributed by atoms with Crippen molar-refractivity contribution >= 4 is 52.3 Å². The van der Waals surface area contributed by atoms with Crippen molar-refractivity contribution in [2.75, 3.05) is 44.7 Å². The number of benzene rings is 2. The lowest BCUT2D eigenvalue weighted by molar-refractivity contribution is -0.110. The number of amidine groups is 1. The molecule has 4 N–H and O–H groups in total. The predicted molar refractivity (Wildman–Crippen MR) is 141 cm³/mol. The van der Waals surface area contributed by atoms with Crippen LogP contribution in [0.5, 0.6) is 0 Å². The molecule has 2 aromatic carbocycles. The predicted octanol–water partition coefficient (Wildman–Crippen LogP) is 3.06. The third-order valence-corrected chi connectivity index (χ3v) is 6.81. The first kappa shape index (κ1) is 26.1. The highest BCUT2D eigenvalue weighted by atomic mass is 35.5. The molecule has 2 aliphatic heterocycles. The zero-order valence-corrected chi connectivity index (χ0v) is 21.2. The summed E-state index contributed by atoms with van der Waals surface area (Å²) >= 11 is 12.5. The Hall–Kier alpha value is -2.98. The lowest BCUT2D eigenvalue weighted by Crippen LogP contribution is -2.50. The third kappa shape index (κ3) is 6.41. The fraction of sp³-hybridized carbons (Fsp3) is 0.360. The first-order valence-electron chi connectivity index (χ1n) is 11.7. The van der Waals surface area contributed by atoms with E-state index in [2.05, 4.69) is 10.3 Å². The van der Waals surface area contributed by atoms with E-state index in [9.17, 15) is 9.59 Å². The average Bonchev–Trinajstić information content (AvgIpc) is 2.88. The molecule has 0 aliphatic carbocycles. The molecule has 1 fully saturated rings. The standard InChI is InChI=1S/C25H28Cl2N6O3/c26-18-3-6-20(27)17(13-18)15-33-8-7-30-23(29)22(33)14-21(28)24(34)31-19-4-1-16(2-5-19)25(35)32-9-11-36-12-10-32/h1-6,13,22,28H,7-12,14-15H2,(H2,29,30)(H,31,34). The summed E-state index contributed by atoms with van der Waals surface area (Å²) in [6.45, 7) is 3.78. The van der Waals surface area contributed by atoms with Crippen molar-refractivity contribution in [3.63, 3.8) is 0 Å². The molecule has 190 valence electrons. The Morgan fingerprint density at radius 3 is 2.56 bits per heavy atom. The van der Waals surface area contributed by atoms with Gasteiger partial charge in [0.1, 0.15) is 5.84 Å². The molecule has 0 saturated carbocycles. The Balaban J connectivity index is 1.37. The van der Waals surface area contributed by atoms with Crippen LogP contribution in [-0.4, -0.2) is 78.6 Å². The zero-order valence-electron chi connectivity index (χ0n) is 19.7. The molecule has 0 bridgehead atoms. The van der Waals surface area contributed by atoms with Crippen LogP contribution >= 0.6 is 23.2 Å². The molecule has 9 nitrogen and oxygen atoms in total. The van der Waals surface area contributed by atoms with Crippen LogP contribution in [0.25, 0.3) is 0 Å². The van der Waals surface area contributed by atoms with Crippen LogP contribution in [0.3, 0.4) is 0 Å². The number of carbonyl (C=O) groups is 2. The molecule has 1 unspecified atom stereocenters. The van der Waals surface area contributed by atoms with Crippen LogP contribution in [0.2, 0.25) is 10.0 Å². The highest BCUT2D eigenvalue weighted by molar-refractivity contribution is 6.42. The third-order valence-electron chi connectivity index (χ3n) is 6.20. The molecule has 36 heavy (non-hydrogen) atoms. The first-order chi connectivity index (χ1) is 17.3. The van der Waals surface area contributed by atoms with Crippen molar-refractivity contribution < 1.29 is 14.3 Å². The minimum Gasteiger partial charge on any atom is -0.386 e. The minimum atomic E-state index is -0.540. The molecular weight excluding hydrogens is 503 g/mol. The van der Waals surface area contributed by atoms with Gasteiger partial charge in [-0.05, 0) is 48.0 Å². The van der Waals surface area contributed by atoms with Gasteiger partial charge in [0, 0.05) is 53.9 Å². The van der Waals surface area contributed by atoms with Gasteiger partial charge in [-0.25, -0.2) is 0 Å². The number of rotatable bonds is 7. The maximum absolute atomic E-state index is 12.8. The number of aliphatic imine (C=N–C) groups is 1. The number of nitrogens with two attached hydrogens (primary N) is 1. The number of hydrogen-bond donors (Lipinski definition) is 3. The number of amides is 2. The Labute approximate surface area is 219 Å². The second-order valence-corrected chi connectivity index (χ2v) is 9.49. The summed E-state index contributed by atoms with van der Waals surface area (Å²) in [7, 11) is 0. The smallest absolute Gasteiger partial charge is 0.269 e. The molecule has 11 heteroatoms. The lowest BCUT2D eigenvalue weighted by atomic mass is 10.0. The summed E-state index contributed by atoms with van der Waals surface area (Å²) in [5, 5.41) is 12.3. The first-order valence-corrected chi connectivity index (χ1v) is 12.4. The molecule has 2 aromatic rings. The number of morpholine rings is 1. The van der Waals surface area contributed by atoms with E-state index in [0.29, 0.717) is 73.1 Å². The summed E-state index contributed by atoms with van der Waals surface area (Å²) < 4.78 is 5.29. The van der Waals surface area contributed by atoms with Gasteiger partial charge in [0.15, 0.2) is 0 Å². The number of halogens is 2. The highest BCUT2D eigenvalue weighted by Crippen LogP contribution is 2.24. The van der Waals surface area contributed by atoms with E-state index in [1.807, 2.05) is 4.90 Å². The van der Waals surface area contributed by atoms with Gasteiger partial charge in [-0.3, -0.25) is 24.9 Å². The maximum atomic E-state index is 12.8. The van der Waals surface area contributed by atoms with Gasteiger partial charge < -0.3 is 20.7 Å². The van der Waals surface area contributed by atoms with E-state index >= 15 is 0 Å².